The maximum Gasteiger partial charge on any atom is 0.357 e. The quantitative estimate of drug-likeness (QED) is 0.439. The van der Waals surface area contributed by atoms with Crippen LogP contribution >= 0.6 is 7.60 Å². The van der Waals surface area contributed by atoms with E-state index in [1.165, 1.54) is 6.07 Å². The van der Waals surface area contributed by atoms with Crippen LogP contribution in [0.3, 0.4) is 0 Å². The Bertz CT molecular complexity index is 1000. The lowest BCUT2D eigenvalue weighted by Gasteiger charge is -2.11. The van der Waals surface area contributed by atoms with Crippen molar-refractivity contribution in [3.8, 4) is 11.1 Å². The van der Waals surface area contributed by atoms with Crippen LogP contribution in [0.5, 0.6) is 0 Å². The lowest BCUT2D eigenvalue weighted by Crippen LogP contribution is -2.19. The smallest absolute Gasteiger partial charge is 0.357 e. The Balaban J connectivity index is 1.76. The summed E-state index contributed by atoms with van der Waals surface area (Å²) in [6.45, 7) is 0. The molecule has 2 amide bonds. The number of nitrogens with one attached hydrogen (secondary N) is 2. The maximum atomic E-state index is 12.0. The highest BCUT2D eigenvalue weighted by Crippen LogP contribution is 2.35. The SMILES string of the molecule is Nc1ncc(P(=O)(O)O)cc1-c1ccc(NC(=O)Nc2ccccc2)cc1. The van der Waals surface area contributed by atoms with E-state index >= 15 is 0 Å². The number of hydrogen-bond donors (Lipinski definition) is 5. The van der Waals surface area contributed by atoms with E-state index in [4.69, 9.17) is 5.73 Å². The molecule has 0 atom stereocenters. The number of carbonyl (C=O) groups is 1. The Morgan fingerprint density at radius 3 is 2.15 bits per heavy atom. The fourth-order valence-corrected chi connectivity index (χ4v) is 2.91. The molecule has 6 N–H and O–H groups in total. The first-order valence-corrected chi connectivity index (χ1v) is 9.49. The zero-order valence-electron chi connectivity index (χ0n) is 14.0. The number of para-hydroxylation sites is 1. The van der Waals surface area contributed by atoms with Crippen LogP contribution in [0.2, 0.25) is 0 Å². The van der Waals surface area contributed by atoms with Crippen LogP contribution in [0.4, 0.5) is 22.0 Å². The first kappa shape index (κ1) is 18.6. The van der Waals surface area contributed by atoms with Gasteiger partial charge >= 0.3 is 13.6 Å². The summed E-state index contributed by atoms with van der Waals surface area (Å²) in [6.07, 6.45) is 1.06. The molecule has 0 fully saturated rings. The fraction of sp³-hybridized carbons (Fsp3) is 0. The van der Waals surface area contributed by atoms with Crippen molar-refractivity contribution < 1.29 is 19.1 Å². The Morgan fingerprint density at radius 2 is 1.56 bits per heavy atom. The fourth-order valence-electron chi connectivity index (χ4n) is 2.40. The molecule has 0 bridgehead atoms. The Hall–Kier alpha value is -3.19. The van der Waals surface area contributed by atoms with E-state index in [2.05, 4.69) is 15.6 Å². The molecule has 0 spiro atoms. The molecule has 3 aromatic rings. The normalized spacial score (nSPS) is 11.0. The molecule has 0 aliphatic carbocycles. The van der Waals surface area contributed by atoms with Crippen LogP contribution in [-0.2, 0) is 4.57 Å². The molecule has 138 valence electrons. The second-order valence-electron chi connectivity index (χ2n) is 5.69. The van der Waals surface area contributed by atoms with E-state index in [0.29, 0.717) is 22.5 Å². The first-order chi connectivity index (χ1) is 12.8. The Labute approximate surface area is 155 Å². The van der Waals surface area contributed by atoms with Crippen LogP contribution in [0.15, 0.2) is 66.9 Å². The number of nitrogens with two attached hydrogens (primary N) is 1. The number of hydrogen-bond acceptors (Lipinski definition) is 4. The molecule has 0 aliphatic rings. The number of amides is 2. The van der Waals surface area contributed by atoms with Crippen molar-refractivity contribution in [1.82, 2.24) is 4.98 Å². The molecule has 0 radical (unpaired) electrons. The highest BCUT2D eigenvalue weighted by atomic mass is 31.2. The summed E-state index contributed by atoms with van der Waals surface area (Å²) in [4.78, 5) is 34.4. The minimum Gasteiger partial charge on any atom is -0.383 e. The van der Waals surface area contributed by atoms with Gasteiger partial charge in [-0.3, -0.25) is 4.57 Å². The van der Waals surface area contributed by atoms with Crippen molar-refractivity contribution in [2.24, 2.45) is 0 Å². The summed E-state index contributed by atoms with van der Waals surface area (Å²) in [5.74, 6) is 0.148. The summed E-state index contributed by atoms with van der Waals surface area (Å²) in [7, 11) is -4.43. The van der Waals surface area contributed by atoms with Crippen molar-refractivity contribution in [2.45, 2.75) is 0 Å². The van der Waals surface area contributed by atoms with Crippen LogP contribution in [0.25, 0.3) is 11.1 Å². The predicted octanol–water partition coefficient (Wildman–Crippen LogP) is 2.78. The molecule has 0 saturated heterocycles. The molecule has 3 rings (SSSR count). The number of pyridine rings is 1. The minimum absolute atomic E-state index is 0.148. The van der Waals surface area contributed by atoms with Crippen LogP contribution in [0, 0.1) is 0 Å². The predicted molar refractivity (Wildman–Crippen MR) is 105 cm³/mol. The van der Waals surface area contributed by atoms with E-state index in [9.17, 15) is 19.1 Å². The van der Waals surface area contributed by atoms with Gasteiger partial charge in [0, 0.05) is 23.1 Å². The molecule has 0 unspecified atom stereocenters. The van der Waals surface area contributed by atoms with Gasteiger partial charge in [-0.2, -0.15) is 0 Å². The number of anilines is 3. The van der Waals surface area contributed by atoms with Crippen LogP contribution in [-0.4, -0.2) is 20.8 Å². The molecule has 1 aromatic heterocycles. The van der Waals surface area contributed by atoms with Gasteiger partial charge in [-0.15, -0.1) is 0 Å². The highest BCUT2D eigenvalue weighted by Gasteiger charge is 2.19. The van der Waals surface area contributed by atoms with Crippen molar-refractivity contribution in [1.29, 1.82) is 0 Å². The van der Waals surface area contributed by atoms with Crippen molar-refractivity contribution in [3.63, 3.8) is 0 Å². The number of nitrogens with zero attached hydrogens (tertiary/aromatic N) is 1. The Kier molecular flexibility index (Phi) is 5.23. The van der Waals surface area contributed by atoms with Crippen molar-refractivity contribution in [3.05, 3.63) is 66.9 Å². The molecule has 0 saturated carbocycles. The monoisotopic (exact) mass is 384 g/mol. The minimum atomic E-state index is -4.43. The average Bonchev–Trinajstić information content (AvgIpc) is 2.63. The highest BCUT2D eigenvalue weighted by molar-refractivity contribution is 7.60. The van der Waals surface area contributed by atoms with E-state index in [0.717, 1.165) is 6.20 Å². The van der Waals surface area contributed by atoms with Gasteiger partial charge in [-0.25, -0.2) is 9.78 Å². The van der Waals surface area contributed by atoms with Gasteiger partial charge in [0.15, 0.2) is 0 Å². The van der Waals surface area contributed by atoms with Gasteiger partial charge in [0.2, 0.25) is 0 Å². The number of benzene rings is 2. The summed E-state index contributed by atoms with van der Waals surface area (Å²) < 4.78 is 11.4. The lowest BCUT2D eigenvalue weighted by atomic mass is 10.1. The van der Waals surface area contributed by atoms with Gasteiger partial charge in [-0.1, -0.05) is 30.3 Å². The van der Waals surface area contributed by atoms with Crippen LogP contribution in [0.1, 0.15) is 0 Å². The van der Waals surface area contributed by atoms with E-state index < -0.39 is 13.6 Å². The molecule has 0 aliphatic heterocycles. The number of aromatic nitrogens is 1. The van der Waals surface area contributed by atoms with Crippen molar-refractivity contribution in [2.75, 3.05) is 16.4 Å². The molecule has 8 nitrogen and oxygen atoms in total. The molecular formula is C18H17N4O4P. The second-order valence-corrected chi connectivity index (χ2v) is 7.30. The zero-order valence-corrected chi connectivity index (χ0v) is 14.9. The van der Waals surface area contributed by atoms with Gasteiger partial charge < -0.3 is 26.2 Å². The van der Waals surface area contributed by atoms with Gasteiger partial charge in [-0.05, 0) is 35.9 Å². The lowest BCUT2D eigenvalue weighted by molar-refractivity contribution is 0.262. The summed E-state index contributed by atoms with van der Waals surface area (Å²) in [6, 6.07) is 16.6. The maximum absolute atomic E-state index is 12.0. The van der Waals surface area contributed by atoms with E-state index in [1.54, 1.807) is 36.4 Å². The molecule has 9 heteroatoms. The largest absolute Gasteiger partial charge is 0.383 e. The van der Waals surface area contributed by atoms with Crippen LogP contribution < -0.4 is 21.7 Å². The molecular weight excluding hydrogens is 367 g/mol. The number of rotatable bonds is 4. The third-order valence-corrected chi connectivity index (χ3v) is 4.64. The molecule has 2 aromatic carbocycles. The van der Waals surface area contributed by atoms with Gasteiger partial charge in [0.05, 0.1) is 5.30 Å². The molecule has 1 heterocycles. The van der Waals surface area contributed by atoms with Crippen molar-refractivity contribution >= 4 is 36.1 Å². The summed E-state index contributed by atoms with van der Waals surface area (Å²) >= 11 is 0. The standard InChI is InChI=1S/C18H17N4O4P/c19-17-16(10-15(11-20-17)27(24,25)26)12-6-8-14(9-7-12)22-18(23)21-13-4-2-1-3-5-13/h1-11H,(H2,19,20)(H2,21,22,23)(H2,24,25,26). The third kappa shape index (κ3) is 4.71. The number of nitrogen functional groups attached to an aromatic ring is 1. The third-order valence-electron chi connectivity index (χ3n) is 3.73. The van der Waals surface area contributed by atoms with Gasteiger partial charge in [0.25, 0.3) is 0 Å². The zero-order chi connectivity index (χ0) is 19.4. The summed E-state index contributed by atoms with van der Waals surface area (Å²) in [5.41, 5.74) is 8.05. The van der Waals surface area contributed by atoms with E-state index in [1.807, 2.05) is 18.2 Å². The number of carbonyl (C=O) groups excluding carboxylic acids is 1. The topological polar surface area (TPSA) is 138 Å². The van der Waals surface area contributed by atoms with Gasteiger partial charge in [0.1, 0.15) is 5.82 Å². The van der Waals surface area contributed by atoms with E-state index in [-0.39, 0.29) is 11.1 Å². The Morgan fingerprint density at radius 1 is 0.963 bits per heavy atom. The molecule has 27 heavy (non-hydrogen) atoms. The average molecular weight is 384 g/mol. The number of urea groups is 1. The first-order valence-electron chi connectivity index (χ1n) is 7.88. The summed E-state index contributed by atoms with van der Waals surface area (Å²) in [5, 5.41) is 5.19. The second kappa shape index (κ2) is 7.59.